The number of fused-ring (bicyclic) bond motifs is 9. The minimum atomic E-state index is -0.764. The van der Waals surface area contributed by atoms with Crippen molar-refractivity contribution in [2.45, 2.75) is 10.8 Å². The summed E-state index contributed by atoms with van der Waals surface area (Å²) in [6, 6.07) is 95.8. The van der Waals surface area contributed by atoms with E-state index in [-0.39, 0.29) is 11.6 Å². The molecule has 3 nitrogen and oxygen atoms in total. The van der Waals surface area contributed by atoms with Crippen LogP contribution in [0.15, 0.2) is 297 Å². The van der Waals surface area contributed by atoms with E-state index in [1.807, 2.05) is 48.6 Å². The van der Waals surface area contributed by atoms with E-state index in [2.05, 4.69) is 241 Å². The molecule has 0 fully saturated rings. The summed E-state index contributed by atoms with van der Waals surface area (Å²) in [4.78, 5) is 4.58. The van der Waals surface area contributed by atoms with Gasteiger partial charge in [-0.3, -0.25) is 0 Å². The van der Waals surface area contributed by atoms with Gasteiger partial charge in [-0.2, -0.15) is 0 Å². The van der Waals surface area contributed by atoms with Gasteiger partial charge in [-0.25, -0.2) is 8.78 Å². The Balaban J connectivity index is 0.875. The lowest BCUT2D eigenvalue weighted by atomic mass is 9.67. The second kappa shape index (κ2) is 19.6. The molecule has 2 aliphatic carbocycles. The van der Waals surface area contributed by atoms with Crippen LogP contribution in [-0.2, 0) is 10.8 Å². The van der Waals surface area contributed by atoms with Gasteiger partial charge in [0.25, 0.3) is 0 Å². The van der Waals surface area contributed by atoms with Gasteiger partial charge in [0, 0.05) is 57.0 Å². The topological polar surface area (TPSA) is 19.6 Å². The first-order valence-electron chi connectivity index (χ1n) is 28.0. The summed E-state index contributed by atoms with van der Waals surface area (Å²) in [6.07, 6.45) is 3.72. The largest absolute Gasteiger partial charge is 0.456 e. The lowest BCUT2D eigenvalue weighted by Gasteiger charge is -2.35. The number of nitrogens with zero attached hydrogens (tertiary/aromatic N) is 2. The first kappa shape index (κ1) is 49.4. The average Bonchev–Trinajstić information content (AvgIpc) is 2.18. The van der Waals surface area contributed by atoms with Crippen molar-refractivity contribution in [3.63, 3.8) is 0 Å². The maximum absolute atomic E-state index is 14.9. The zero-order valence-electron chi connectivity index (χ0n) is 45.2. The Hall–Kier alpha value is -10.6. The molecule has 13 aromatic rings. The summed E-state index contributed by atoms with van der Waals surface area (Å²) >= 11 is 0. The van der Waals surface area contributed by atoms with Crippen molar-refractivity contribution >= 4 is 68.2 Å². The zero-order chi connectivity index (χ0) is 55.8. The molecule has 12 aromatic carbocycles. The van der Waals surface area contributed by atoms with Crippen molar-refractivity contribution in [3.8, 4) is 22.3 Å². The third-order valence-corrected chi connectivity index (χ3v) is 17.3. The molecule has 0 radical (unpaired) electrons. The normalized spacial score (nSPS) is 15.5. The van der Waals surface area contributed by atoms with Crippen LogP contribution in [0.4, 0.5) is 42.9 Å². The Labute approximate surface area is 481 Å². The van der Waals surface area contributed by atoms with E-state index >= 15 is 0 Å². The minimum absolute atomic E-state index is 0.282. The molecule has 0 saturated carbocycles. The van der Waals surface area contributed by atoms with E-state index < -0.39 is 10.8 Å². The smallest absolute Gasteiger partial charge is 0.137 e. The van der Waals surface area contributed by atoms with Crippen LogP contribution in [0.1, 0.15) is 55.6 Å². The quantitative estimate of drug-likeness (QED) is 0.122. The van der Waals surface area contributed by atoms with Gasteiger partial charge in [0.1, 0.15) is 22.8 Å². The number of rotatable bonds is 12. The third-order valence-electron chi connectivity index (χ3n) is 17.3. The Morgan fingerprint density at radius 2 is 0.627 bits per heavy atom. The van der Waals surface area contributed by atoms with Crippen molar-refractivity contribution in [2.24, 2.45) is 0 Å². The van der Waals surface area contributed by atoms with Gasteiger partial charge in [-0.05, 0) is 175 Å². The van der Waals surface area contributed by atoms with Crippen LogP contribution in [0.25, 0.3) is 56.3 Å². The Morgan fingerprint density at radius 1 is 0.301 bits per heavy atom. The molecule has 1 heterocycles. The lowest BCUT2D eigenvalue weighted by Crippen LogP contribution is -2.29. The summed E-state index contributed by atoms with van der Waals surface area (Å²) in [5.74, 6) is -0.564. The van der Waals surface area contributed by atoms with Gasteiger partial charge in [0.15, 0.2) is 0 Å². The molecule has 0 aliphatic heterocycles. The fraction of sp³-hybridized carbons (Fsp3) is 0.0256. The van der Waals surface area contributed by atoms with Crippen LogP contribution in [0.3, 0.4) is 0 Å². The van der Waals surface area contributed by atoms with Crippen LogP contribution in [-0.4, -0.2) is 0 Å². The first-order valence-corrected chi connectivity index (χ1v) is 28.0. The monoisotopic (exact) mass is 1070 g/mol. The van der Waals surface area contributed by atoms with Crippen LogP contribution in [0.5, 0.6) is 0 Å². The molecule has 2 atom stereocenters. The summed E-state index contributed by atoms with van der Waals surface area (Å²) in [5, 5.41) is 2.00. The molecule has 394 valence electrons. The molecule has 15 rings (SSSR count). The lowest BCUT2D eigenvalue weighted by molar-refractivity contribution is 0.624. The van der Waals surface area contributed by atoms with Crippen LogP contribution >= 0.6 is 0 Å². The molecule has 2 aliphatic rings. The number of halogens is 2. The van der Waals surface area contributed by atoms with Gasteiger partial charge in [0.2, 0.25) is 0 Å². The van der Waals surface area contributed by atoms with Gasteiger partial charge in [-0.15, -0.1) is 0 Å². The summed E-state index contributed by atoms with van der Waals surface area (Å²) in [6.45, 7) is 8.09. The fourth-order valence-corrected chi connectivity index (χ4v) is 13.6. The molecule has 0 saturated heterocycles. The van der Waals surface area contributed by atoms with Gasteiger partial charge in [-0.1, -0.05) is 195 Å². The van der Waals surface area contributed by atoms with E-state index in [4.69, 9.17) is 4.42 Å². The average molecular weight is 1070 g/mol. The molecule has 0 bridgehead atoms. The molecule has 83 heavy (non-hydrogen) atoms. The van der Waals surface area contributed by atoms with Crippen LogP contribution in [0.2, 0.25) is 0 Å². The molecular weight excluding hydrogens is 1020 g/mol. The highest BCUT2D eigenvalue weighted by atomic mass is 19.1. The maximum atomic E-state index is 14.9. The number of para-hydroxylation sites is 2. The molecule has 0 amide bonds. The van der Waals surface area contributed by atoms with E-state index in [1.165, 1.54) is 0 Å². The number of furan rings is 1. The zero-order valence-corrected chi connectivity index (χ0v) is 45.2. The summed E-state index contributed by atoms with van der Waals surface area (Å²) in [5.41, 5.74) is 20.9. The van der Waals surface area contributed by atoms with Gasteiger partial charge >= 0.3 is 0 Å². The summed E-state index contributed by atoms with van der Waals surface area (Å²) in [7, 11) is 0. The van der Waals surface area contributed by atoms with Crippen molar-refractivity contribution < 1.29 is 13.2 Å². The molecule has 2 unspecified atom stereocenters. The third kappa shape index (κ3) is 7.69. The van der Waals surface area contributed by atoms with Crippen molar-refractivity contribution in [1.82, 2.24) is 0 Å². The number of hydrogen-bond donors (Lipinski definition) is 0. The van der Waals surface area contributed by atoms with Crippen LogP contribution in [0, 0.1) is 11.6 Å². The second-order valence-corrected chi connectivity index (χ2v) is 21.5. The Kier molecular flexibility index (Phi) is 11.7. The number of hydrogen-bond acceptors (Lipinski definition) is 3. The predicted octanol–water partition coefficient (Wildman–Crippen LogP) is 20.8. The second-order valence-electron chi connectivity index (χ2n) is 21.5. The summed E-state index contributed by atoms with van der Waals surface area (Å²) < 4.78 is 36.8. The van der Waals surface area contributed by atoms with Crippen molar-refractivity contribution in [2.75, 3.05) is 9.80 Å². The number of anilines is 6. The molecule has 0 N–H and O–H groups in total. The van der Waals surface area contributed by atoms with Crippen molar-refractivity contribution in [1.29, 1.82) is 0 Å². The predicted molar refractivity (Wildman–Crippen MR) is 338 cm³/mol. The number of benzene rings is 12. The Bertz CT molecular complexity index is 4370. The van der Waals surface area contributed by atoms with Crippen molar-refractivity contribution in [3.05, 3.63) is 359 Å². The molecule has 0 spiro atoms. The Morgan fingerprint density at radius 3 is 1.01 bits per heavy atom. The minimum Gasteiger partial charge on any atom is -0.456 e. The van der Waals surface area contributed by atoms with E-state index in [9.17, 15) is 8.78 Å². The van der Waals surface area contributed by atoms with Crippen LogP contribution < -0.4 is 9.80 Å². The maximum Gasteiger partial charge on any atom is 0.137 e. The molecular formula is C78H52F2N2O. The van der Waals surface area contributed by atoms with E-state index in [1.54, 1.807) is 24.3 Å². The molecule has 5 heteroatoms. The van der Waals surface area contributed by atoms with E-state index in [0.717, 1.165) is 134 Å². The SMILES string of the molecule is C=Cc1ccc(C2(c3ccc(F)cc3)c3ccccc3-c3ccc(N(c4ccccc4)c4ccc5c(c4)oc4cc(N(c6ccccc6)c6ccc7c(c6)C(c6ccc(F)cc6)(c6ccc(C=C)cc6)c6ccccc6-7)ccc45)cc32)cc1. The highest BCUT2D eigenvalue weighted by Crippen LogP contribution is 2.59. The van der Waals surface area contributed by atoms with E-state index in [0.29, 0.717) is 0 Å². The highest BCUT2D eigenvalue weighted by molar-refractivity contribution is 6.07. The standard InChI is InChI=1S/C78H52F2N2O/c1-3-51-23-27-53(28-24-51)77(55-31-35-57(79)36-32-55)71-21-13-11-19-65(71)67-43-39-61(47-73(67)77)81(59-15-7-5-8-16-59)63-41-45-69-70-46-42-64(50-76(70)83-75(69)49-63)82(60-17-9-6-10-18-60)62-40-44-68-66-20-12-14-22-72(66)78(74(68)48-62,56-33-37-58(80)38-34-56)54-29-25-52(4-2)26-30-54/h3-50H,1-2H2. The van der Waals surface area contributed by atoms with Gasteiger partial charge in [0.05, 0.1) is 10.8 Å². The molecule has 1 aromatic heterocycles. The highest BCUT2D eigenvalue weighted by Gasteiger charge is 2.48. The first-order chi connectivity index (χ1) is 40.8. The fourth-order valence-electron chi connectivity index (χ4n) is 13.6. The van der Waals surface area contributed by atoms with Gasteiger partial charge < -0.3 is 14.2 Å².